The SMILES string of the molecule is COc1cc(O)c(C=C2NC(=O)NC2=O)cc1-c1cc2c(cc1C)C(C)(C)CCC2(C)C. The fourth-order valence-electron chi connectivity index (χ4n) is 4.73. The van der Waals surface area contributed by atoms with Crippen molar-refractivity contribution >= 4 is 18.0 Å². The highest BCUT2D eigenvalue weighted by Crippen LogP contribution is 2.48. The van der Waals surface area contributed by atoms with Gasteiger partial charge in [-0.15, -0.1) is 0 Å². The van der Waals surface area contributed by atoms with E-state index in [1.807, 2.05) is 0 Å². The van der Waals surface area contributed by atoms with E-state index in [-0.39, 0.29) is 22.3 Å². The van der Waals surface area contributed by atoms with E-state index < -0.39 is 11.9 Å². The monoisotopic (exact) mass is 434 g/mol. The summed E-state index contributed by atoms with van der Waals surface area (Å²) in [4.78, 5) is 23.4. The van der Waals surface area contributed by atoms with Gasteiger partial charge in [0.15, 0.2) is 0 Å². The minimum atomic E-state index is -0.579. The van der Waals surface area contributed by atoms with Crippen LogP contribution in [0.4, 0.5) is 4.79 Å². The van der Waals surface area contributed by atoms with E-state index in [1.54, 1.807) is 19.2 Å². The minimum Gasteiger partial charge on any atom is -0.507 e. The molecule has 0 saturated carbocycles. The highest BCUT2D eigenvalue weighted by molar-refractivity contribution is 6.14. The summed E-state index contributed by atoms with van der Waals surface area (Å²) in [5, 5.41) is 15.2. The molecule has 2 aromatic carbocycles. The second kappa shape index (κ2) is 7.40. The highest BCUT2D eigenvalue weighted by Gasteiger charge is 2.37. The van der Waals surface area contributed by atoms with Gasteiger partial charge >= 0.3 is 6.03 Å². The summed E-state index contributed by atoms with van der Waals surface area (Å²) < 4.78 is 5.61. The van der Waals surface area contributed by atoms with Crippen molar-refractivity contribution in [2.75, 3.05) is 7.11 Å². The largest absolute Gasteiger partial charge is 0.507 e. The summed E-state index contributed by atoms with van der Waals surface area (Å²) in [5.41, 5.74) is 6.32. The van der Waals surface area contributed by atoms with Crippen molar-refractivity contribution in [2.45, 2.75) is 58.3 Å². The summed E-state index contributed by atoms with van der Waals surface area (Å²) in [6, 6.07) is 7.30. The second-order valence-corrected chi connectivity index (χ2v) is 10.1. The number of carbonyl (C=O) groups is 2. The molecule has 0 bridgehead atoms. The normalized spacial score (nSPS) is 20.0. The molecule has 1 heterocycles. The Bertz CT molecular complexity index is 1170. The van der Waals surface area contributed by atoms with Gasteiger partial charge in [-0.3, -0.25) is 10.1 Å². The average molecular weight is 435 g/mol. The first-order valence-corrected chi connectivity index (χ1v) is 10.8. The molecule has 3 N–H and O–H groups in total. The molecule has 32 heavy (non-hydrogen) atoms. The Balaban J connectivity index is 1.91. The van der Waals surface area contributed by atoms with Gasteiger partial charge in [-0.05, 0) is 71.1 Å². The van der Waals surface area contributed by atoms with E-state index in [1.165, 1.54) is 17.2 Å². The van der Waals surface area contributed by atoms with Crippen LogP contribution >= 0.6 is 0 Å². The Kier molecular flexibility index (Phi) is 5.07. The second-order valence-electron chi connectivity index (χ2n) is 10.1. The third-order valence-corrected chi connectivity index (χ3v) is 6.86. The highest BCUT2D eigenvalue weighted by atomic mass is 16.5. The van der Waals surface area contributed by atoms with Crippen LogP contribution in [-0.4, -0.2) is 24.2 Å². The van der Waals surface area contributed by atoms with Crippen LogP contribution in [0, 0.1) is 6.92 Å². The summed E-state index contributed by atoms with van der Waals surface area (Å²) in [7, 11) is 1.57. The molecule has 1 saturated heterocycles. The van der Waals surface area contributed by atoms with Crippen LogP contribution in [0.1, 0.15) is 62.8 Å². The van der Waals surface area contributed by atoms with Gasteiger partial charge in [-0.25, -0.2) is 4.79 Å². The Morgan fingerprint density at radius 3 is 2.12 bits per heavy atom. The molecule has 1 aliphatic carbocycles. The third-order valence-electron chi connectivity index (χ3n) is 6.86. The maximum absolute atomic E-state index is 12.0. The number of hydrogen-bond donors (Lipinski definition) is 3. The van der Waals surface area contributed by atoms with E-state index in [0.29, 0.717) is 11.3 Å². The molecule has 3 amide bonds. The number of phenolic OH excluding ortho intramolecular Hbond substituents is 1. The molecule has 2 aromatic rings. The number of ether oxygens (including phenoxy) is 1. The number of methoxy groups -OCH3 is 1. The number of hydrogen-bond acceptors (Lipinski definition) is 4. The molecule has 0 spiro atoms. The minimum absolute atomic E-state index is 0.0378. The smallest absolute Gasteiger partial charge is 0.326 e. The fourth-order valence-corrected chi connectivity index (χ4v) is 4.73. The molecular weight excluding hydrogens is 404 g/mol. The number of phenols is 1. The fraction of sp³-hybridized carbons (Fsp3) is 0.385. The lowest BCUT2D eigenvalue weighted by molar-refractivity contribution is -0.115. The molecule has 1 aliphatic heterocycles. The third kappa shape index (κ3) is 3.64. The number of urea groups is 1. The van der Waals surface area contributed by atoms with E-state index in [2.05, 4.69) is 57.4 Å². The Labute approximate surface area is 188 Å². The molecule has 4 rings (SSSR count). The standard InChI is InChI=1S/C26H30N2O4/c1-14-9-18-19(26(4,5)8-7-25(18,2)3)12-16(14)17-10-15(21(29)13-22(17)32-6)11-20-23(30)28-24(31)27-20/h9-13,29H,7-8H2,1-6H3,(H2,27,28,30,31). The van der Waals surface area contributed by atoms with Gasteiger partial charge < -0.3 is 15.2 Å². The van der Waals surface area contributed by atoms with Gasteiger partial charge in [0.05, 0.1) is 7.11 Å². The number of benzene rings is 2. The first-order valence-electron chi connectivity index (χ1n) is 10.8. The van der Waals surface area contributed by atoms with Crippen LogP contribution in [0.2, 0.25) is 0 Å². The predicted octanol–water partition coefficient (Wildman–Crippen LogP) is 4.91. The van der Waals surface area contributed by atoms with Crippen LogP contribution in [0.15, 0.2) is 30.0 Å². The van der Waals surface area contributed by atoms with Gasteiger partial charge in [0.25, 0.3) is 5.91 Å². The van der Waals surface area contributed by atoms with E-state index >= 15 is 0 Å². The number of nitrogens with one attached hydrogen (secondary N) is 2. The van der Waals surface area contributed by atoms with E-state index in [4.69, 9.17) is 4.74 Å². The molecule has 0 radical (unpaired) electrons. The number of aryl methyl sites for hydroxylation is 1. The zero-order chi connectivity index (χ0) is 23.4. The van der Waals surface area contributed by atoms with Gasteiger partial charge in [-0.2, -0.15) is 0 Å². The van der Waals surface area contributed by atoms with E-state index in [9.17, 15) is 14.7 Å². The molecular formula is C26H30N2O4. The number of imide groups is 1. The molecule has 0 unspecified atom stereocenters. The topological polar surface area (TPSA) is 87.7 Å². The lowest BCUT2D eigenvalue weighted by Gasteiger charge is -2.42. The Morgan fingerprint density at radius 2 is 1.56 bits per heavy atom. The van der Waals surface area contributed by atoms with Crippen molar-refractivity contribution in [3.8, 4) is 22.6 Å². The quantitative estimate of drug-likeness (QED) is 0.473. The van der Waals surface area contributed by atoms with Gasteiger partial charge in [-0.1, -0.05) is 33.8 Å². The van der Waals surface area contributed by atoms with Crippen molar-refractivity contribution < 1.29 is 19.4 Å². The van der Waals surface area contributed by atoms with Crippen LogP contribution in [0.25, 0.3) is 17.2 Å². The summed E-state index contributed by atoms with van der Waals surface area (Å²) in [6.45, 7) is 11.2. The number of fused-ring (bicyclic) bond motifs is 1. The van der Waals surface area contributed by atoms with Crippen LogP contribution in [0.5, 0.6) is 11.5 Å². The number of amides is 3. The van der Waals surface area contributed by atoms with Crippen LogP contribution in [0.3, 0.4) is 0 Å². The average Bonchev–Trinajstić information content (AvgIpc) is 3.03. The Morgan fingerprint density at radius 1 is 0.938 bits per heavy atom. The zero-order valence-electron chi connectivity index (χ0n) is 19.5. The van der Waals surface area contributed by atoms with Crippen LogP contribution < -0.4 is 15.4 Å². The molecule has 6 heteroatoms. The molecule has 0 atom stereocenters. The van der Waals surface area contributed by atoms with Gasteiger partial charge in [0, 0.05) is 17.2 Å². The zero-order valence-corrected chi connectivity index (χ0v) is 19.5. The number of carbonyl (C=O) groups excluding carboxylic acids is 2. The summed E-state index contributed by atoms with van der Waals surface area (Å²) in [6.07, 6.45) is 3.72. The molecule has 6 nitrogen and oxygen atoms in total. The number of aromatic hydroxyl groups is 1. The first-order chi connectivity index (χ1) is 14.9. The lowest BCUT2D eigenvalue weighted by Crippen LogP contribution is -2.34. The van der Waals surface area contributed by atoms with Crippen LogP contribution in [-0.2, 0) is 15.6 Å². The lowest BCUT2D eigenvalue weighted by atomic mass is 9.62. The van der Waals surface area contributed by atoms with Crippen molar-refractivity contribution in [3.05, 3.63) is 52.2 Å². The number of rotatable bonds is 3. The molecule has 168 valence electrons. The summed E-state index contributed by atoms with van der Waals surface area (Å²) >= 11 is 0. The molecule has 1 fully saturated rings. The maximum atomic E-state index is 12.0. The maximum Gasteiger partial charge on any atom is 0.326 e. The first kappa shape index (κ1) is 21.9. The van der Waals surface area contributed by atoms with Crippen molar-refractivity contribution in [1.29, 1.82) is 0 Å². The van der Waals surface area contributed by atoms with Gasteiger partial charge in [0.2, 0.25) is 0 Å². The van der Waals surface area contributed by atoms with Crippen molar-refractivity contribution in [3.63, 3.8) is 0 Å². The van der Waals surface area contributed by atoms with Crippen molar-refractivity contribution in [1.82, 2.24) is 10.6 Å². The predicted molar refractivity (Wildman–Crippen MR) is 125 cm³/mol. The molecule has 0 aromatic heterocycles. The van der Waals surface area contributed by atoms with Gasteiger partial charge in [0.1, 0.15) is 17.2 Å². The summed E-state index contributed by atoms with van der Waals surface area (Å²) in [5.74, 6) is -0.0229. The molecule has 2 aliphatic rings. The van der Waals surface area contributed by atoms with Crippen molar-refractivity contribution in [2.24, 2.45) is 0 Å². The van der Waals surface area contributed by atoms with E-state index in [0.717, 1.165) is 29.5 Å². The Hall–Kier alpha value is -3.28.